The van der Waals surface area contributed by atoms with E-state index in [0.29, 0.717) is 12.2 Å². The Morgan fingerprint density at radius 3 is 2.80 bits per heavy atom. The molecule has 0 amide bonds. The first-order valence-corrected chi connectivity index (χ1v) is 7.35. The SMILES string of the molecule is C=CCCCC(O)CC1CCS(=O)(=O)C1. The highest BCUT2D eigenvalue weighted by Crippen LogP contribution is 2.24. The number of hydrogen-bond acceptors (Lipinski definition) is 3. The number of allylic oxidation sites excluding steroid dienone is 1. The van der Waals surface area contributed by atoms with E-state index in [2.05, 4.69) is 6.58 Å². The monoisotopic (exact) mass is 232 g/mol. The molecule has 0 bridgehead atoms. The third-order valence-electron chi connectivity index (χ3n) is 2.88. The fourth-order valence-electron chi connectivity index (χ4n) is 2.06. The second-order valence-corrected chi connectivity index (χ2v) is 6.61. The zero-order valence-corrected chi connectivity index (χ0v) is 9.88. The molecule has 2 atom stereocenters. The average molecular weight is 232 g/mol. The van der Waals surface area contributed by atoms with Crippen molar-refractivity contribution in [3.63, 3.8) is 0 Å². The van der Waals surface area contributed by atoms with Crippen molar-refractivity contribution in [1.82, 2.24) is 0 Å². The van der Waals surface area contributed by atoms with E-state index in [-0.39, 0.29) is 17.8 Å². The second kappa shape index (κ2) is 5.66. The maximum Gasteiger partial charge on any atom is 0.150 e. The van der Waals surface area contributed by atoms with E-state index in [9.17, 15) is 13.5 Å². The van der Waals surface area contributed by atoms with Gasteiger partial charge in [0, 0.05) is 0 Å². The topological polar surface area (TPSA) is 54.4 Å². The summed E-state index contributed by atoms with van der Waals surface area (Å²) in [5.41, 5.74) is 0. The highest BCUT2D eigenvalue weighted by atomic mass is 32.2. The van der Waals surface area contributed by atoms with Gasteiger partial charge in [-0.05, 0) is 38.0 Å². The van der Waals surface area contributed by atoms with Gasteiger partial charge in [-0.2, -0.15) is 0 Å². The van der Waals surface area contributed by atoms with Crippen LogP contribution >= 0.6 is 0 Å². The summed E-state index contributed by atoms with van der Waals surface area (Å²) in [5, 5.41) is 9.68. The lowest BCUT2D eigenvalue weighted by molar-refractivity contribution is 0.135. The Morgan fingerprint density at radius 1 is 1.53 bits per heavy atom. The third-order valence-corrected chi connectivity index (χ3v) is 4.71. The van der Waals surface area contributed by atoms with Crippen molar-refractivity contribution in [2.24, 2.45) is 5.92 Å². The van der Waals surface area contributed by atoms with Crippen LogP contribution in [0.4, 0.5) is 0 Å². The van der Waals surface area contributed by atoms with Crippen LogP contribution in [0.1, 0.15) is 32.1 Å². The first-order chi connectivity index (χ1) is 7.03. The van der Waals surface area contributed by atoms with Crippen molar-refractivity contribution >= 4 is 9.84 Å². The summed E-state index contributed by atoms with van der Waals surface area (Å²) in [6.45, 7) is 3.62. The van der Waals surface area contributed by atoms with Gasteiger partial charge in [0.1, 0.15) is 0 Å². The Labute approximate surface area is 92.1 Å². The van der Waals surface area contributed by atoms with E-state index in [1.54, 1.807) is 0 Å². The van der Waals surface area contributed by atoms with Crippen LogP contribution in [0.2, 0.25) is 0 Å². The maximum atomic E-state index is 11.2. The highest BCUT2D eigenvalue weighted by Gasteiger charge is 2.28. The predicted octanol–water partition coefficient (Wildman–Crippen LogP) is 1.53. The van der Waals surface area contributed by atoms with Crippen molar-refractivity contribution in [2.75, 3.05) is 11.5 Å². The van der Waals surface area contributed by atoms with Crippen LogP contribution in [-0.4, -0.2) is 31.1 Å². The quantitative estimate of drug-likeness (QED) is 0.558. The van der Waals surface area contributed by atoms with Gasteiger partial charge in [0.15, 0.2) is 9.84 Å². The van der Waals surface area contributed by atoms with Gasteiger partial charge >= 0.3 is 0 Å². The molecule has 1 fully saturated rings. The molecule has 0 aromatic heterocycles. The fraction of sp³-hybridized carbons (Fsp3) is 0.818. The number of sulfone groups is 1. The van der Waals surface area contributed by atoms with Crippen LogP contribution < -0.4 is 0 Å². The zero-order valence-electron chi connectivity index (χ0n) is 9.06. The molecule has 3 nitrogen and oxygen atoms in total. The highest BCUT2D eigenvalue weighted by molar-refractivity contribution is 7.91. The number of rotatable bonds is 6. The predicted molar refractivity (Wildman–Crippen MR) is 61.4 cm³/mol. The largest absolute Gasteiger partial charge is 0.393 e. The third kappa shape index (κ3) is 4.80. The number of aliphatic hydroxyl groups is 1. The lowest BCUT2D eigenvalue weighted by Gasteiger charge is -2.13. The summed E-state index contributed by atoms with van der Waals surface area (Å²) < 4.78 is 22.4. The molecular formula is C11H20O3S. The molecule has 1 N–H and O–H groups in total. The van der Waals surface area contributed by atoms with E-state index in [1.807, 2.05) is 6.08 Å². The number of hydrogen-bond donors (Lipinski definition) is 1. The molecular weight excluding hydrogens is 212 g/mol. The van der Waals surface area contributed by atoms with E-state index >= 15 is 0 Å². The molecule has 0 spiro atoms. The summed E-state index contributed by atoms with van der Waals surface area (Å²) in [6.07, 6.45) is 5.46. The molecule has 0 saturated carbocycles. The van der Waals surface area contributed by atoms with Crippen LogP contribution in [0.5, 0.6) is 0 Å². The van der Waals surface area contributed by atoms with Crippen molar-refractivity contribution in [2.45, 2.75) is 38.2 Å². The first-order valence-electron chi connectivity index (χ1n) is 5.53. The molecule has 1 rings (SSSR count). The van der Waals surface area contributed by atoms with Crippen LogP contribution in [-0.2, 0) is 9.84 Å². The van der Waals surface area contributed by atoms with Crippen molar-refractivity contribution in [3.05, 3.63) is 12.7 Å². The minimum atomic E-state index is -2.79. The van der Waals surface area contributed by atoms with Crippen LogP contribution in [0.25, 0.3) is 0 Å². The average Bonchev–Trinajstić information content (AvgIpc) is 2.46. The molecule has 1 aliphatic heterocycles. The molecule has 4 heteroatoms. The zero-order chi connectivity index (χ0) is 11.3. The Kier molecular flexibility index (Phi) is 4.80. The van der Waals surface area contributed by atoms with Gasteiger partial charge in [-0.15, -0.1) is 6.58 Å². The Hall–Kier alpha value is -0.350. The maximum absolute atomic E-state index is 11.2. The fourth-order valence-corrected chi connectivity index (χ4v) is 3.94. The van der Waals surface area contributed by atoms with Crippen molar-refractivity contribution < 1.29 is 13.5 Å². The lowest BCUT2D eigenvalue weighted by Crippen LogP contribution is -2.14. The van der Waals surface area contributed by atoms with Crippen molar-refractivity contribution in [3.8, 4) is 0 Å². The standard InChI is InChI=1S/C11H20O3S/c1-2-3-4-5-11(12)8-10-6-7-15(13,14)9-10/h2,10-12H,1,3-9H2. The molecule has 0 aliphatic carbocycles. The Bertz CT molecular complexity index is 295. The number of unbranched alkanes of at least 4 members (excludes halogenated alkanes) is 1. The summed E-state index contributed by atoms with van der Waals surface area (Å²) in [5.74, 6) is 0.747. The smallest absolute Gasteiger partial charge is 0.150 e. The normalized spacial score (nSPS) is 26.3. The van der Waals surface area contributed by atoms with Gasteiger partial charge < -0.3 is 5.11 Å². The Morgan fingerprint density at radius 2 is 2.27 bits per heavy atom. The summed E-state index contributed by atoms with van der Waals surface area (Å²) in [7, 11) is -2.79. The number of aliphatic hydroxyl groups excluding tert-OH is 1. The van der Waals surface area contributed by atoms with E-state index in [1.165, 1.54) is 0 Å². The lowest BCUT2D eigenvalue weighted by atomic mass is 9.98. The molecule has 15 heavy (non-hydrogen) atoms. The van der Waals surface area contributed by atoms with Gasteiger partial charge in [-0.1, -0.05) is 6.08 Å². The van der Waals surface area contributed by atoms with Gasteiger partial charge in [0.25, 0.3) is 0 Å². The van der Waals surface area contributed by atoms with E-state index in [4.69, 9.17) is 0 Å². The molecule has 0 aromatic rings. The molecule has 88 valence electrons. The minimum Gasteiger partial charge on any atom is -0.393 e. The van der Waals surface area contributed by atoms with Gasteiger partial charge in [-0.3, -0.25) is 0 Å². The molecule has 1 saturated heterocycles. The summed E-state index contributed by atoms with van der Waals surface area (Å²) in [6, 6.07) is 0. The van der Waals surface area contributed by atoms with E-state index in [0.717, 1.165) is 25.7 Å². The summed E-state index contributed by atoms with van der Waals surface area (Å²) in [4.78, 5) is 0. The van der Waals surface area contributed by atoms with E-state index < -0.39 is 9.84 Å². The minimum absolute atomic E-state index is 0.175. The van der Waals surface area contributed by atoms with Gasteiger partial charge in [0.2, 0.25) is 0 Å². The van der Waals surface area contributed by atoms with Crippen LogP contribution in [0.3, 0.4) is 0 Å². The molecule has 1 heterocycles. The molecule has 2 unspecified atom stereocenters. The first kappa shape index (κ1) is 12.7. The molecule has 0 aromatic carbocycles. The van der Waals surface area contributed by atoms with Gasteiger partial charge in [0.05, 0.1) is 17.6 Å². The summed E-state index contributed by atoms with van der Waals surface area (Å²) >= 11 is 0. The van der Waals surface area contributed by atoms with Gasteiger partial charge in [-0.25, -0.2) is 8.42 Å². The molecule has 0 radical (unpaired) electrons. The second-order valence-electron chi connectivity index (χ2n) is 4.38. The van der Waals surface area contributed by atoms with Crippen LogP contribution in [0, 0.1) is 5.92 Å². The van der Waals surface area contributed by atoms with Crippen molar-refractivity contribution in [1.29, 1.82) is 0 Å². The van der Waals surface area contributed by atoms with Crippen LogP contribution in [0.15, 0.2) is 12.7 Å². The Balaban J connectivity index is 2.21. The molecule has 1 aliphatic rings.